The van der Waals surface area contributed by atoms with E-state index in [0.29, 0.717) is 37.9 Å². The second-order valence-corrected chi connectivity index (χ2v) is 6.44. The lowest BCUT2D eigenvalue weighted by Gasteiger charge is -2.22. The summed E-state index contributed by atoms with van der Waals surface area (Å²) in [6.45, 7) is 3.50. The number of fused-ring (bicyclic) bond motifs is 1. The third kappa shape index (κ3) is 6.57. The topological polar surface area (TPSA) is 73.4 Å². The SMILES string of the molecule is CCOC(=O)[C@@H](N)Cc1nc2cc(N(CCCl)CCCl)ccc2n1C.Cl.Cl. The predicted molar refractivity (Wildman–Crippen MR) is 117 cm³/mol. The van der Waals surface area contributed by atoms with Gasteiger partial charge < -0.3 is 19.9 Å². The number of hydrogen-bond acceptors (Lipinski definition) is 5. The van der Waals surface area contributed by atoms with E-state index < -0.39 is 12.0 Å². The number of anilines is 1. The standard InChI is InChI=1S/C17H24Cl2N4O2.2ClH/c1-3-25-17(24)13(20)11-16-21-14-10-12(4-5-15(14)22(16)2)23(8-6-18)9-7-19;;/h4-5,10,13H,3,6-9,11,20H2,1-2H3;2*1H/t13-;;/m0../s1. The summed E-state index contributed by atoms with van der Waals surface area (Å²) in [4.78, 5) is 18.5. The molecule has 154 valence electrons. The van der Waals surface area contributed by atoms with Gasteiger partial charge in [-0.25, -0.2) is 4.98 Å². The average Bonchev–Trinajstić information content (AvgIpc) is 2.90. The third-order valence-electron chi connectivity index (χ3n) is 4.02. The van der Waals surface area contributed by atoms with Crippen LogP contribution < -0.4 is 10.6 Å². The van der Waals surface area contributed by atoms with E-state index in [1.165, 1.54) is 0 Å². The summed E-state index contributed by atoms with van der Waals surface area (Å²) in [6.07, 6.45) is 0.326. The van der Waals surface area contributed by atoms with Crippen molar-refractivity contribution in [3.05, 3.63) is 24.0 Å². The Morgan fingerprint density at radius 3 is 2.48 bits per heavy atom. The Kier molecular flexibility index (Phi) is 12.1. The highest BCUT2D eigenvalue weighted by atomic mass is 35.5. The van der Waals surface area contributed by atoms with Crippen LogP contribution in [0.2, 0.25) is 0 Å². The molecule has 0 saturated carbocycles. The lowest BCUT2D eigenvalue weighted by atomic mass is 10.2. The molecule has 0 saturated heterocycles. The van der Waals surface area contributed by atoms with Crippen molar-refractivity contribution in [2.75, 3.05) is 36.4 Å². The molecule has 2 N–H and O–H groups in total. The Balaban J connectivity index is 0.00000338. The van der Waals surface area contributed by atoms with Gasteiger partial charge >= 0.3 is 5.97 Å². The molecular formula is C17H26Cl4N4O2. The van der Waals surface area contributed by atoms with Crippen molar-refractivity contribution in [2.45, 2.75) is 19.4 Å². The van der Waals surface area contributed by atoms with Crippen LogP contribution in [0.1, 0.15) is 12.7 Å². The first-order valence-corrected chi connectivity index (χ1v) is 9.33. The zero-order valence-corrected chi connectivity index (χ0v) is 18.5. The number of hydrogen-bond donors (Lipinski definition) is 1. The van der Waals surface area contributed by atoms with Gasteiger partial charge in [-0.2, -0.15) is 0 Å². The van der Waals surface area contributed by atoms with E-state index in [1.54, 1.807) is 6.92 Å². The zero-order valence-electron chi connectivity index (χ0n) is 15.4. The van der Waals surface area contributed by atoms with Crippen LogP contribution in [0.4, 0.5) is 5.69 Å². The van der Waals surface area contributed by atoms with E-state index in [4.69, 9.17) is 33.7 Å². The maximum Gasteiger partial charge on any atom is 0.323 e. The maximum absolute atomic E-state index is 11.7. The molecular weight excluding hydrogens is 434 g/mol. The highest BCUT2D eigenvalue weighted by molar-refractivity contribution is 6.18. The number of alkyl halides is 2. The highest BCUT2D eigenvalue weighted by Gasteiger charge is 2.19. The van der Waals surface area contributed by atoms with Crippen LogP contribution >= 0.6 is 48.0 Å². The van der Waals surface area contributed by atoms with Gasteiger partial charge in [0.25, 0.3) is 0 Å². The molecule has 0 aliphatic carbocycles. The molecule has 0 aliphatic rings. The summed E-state index contributed by atoms with van der Waals surface area (Å²) < 4.78 is 6.91. The molecule has 0 aliphatic heterocycles. The van der Waals surface area contributed by atoms with E-state index in [0.717, 1.165) is 22.5 Å². The second kappa shape index (κ2) is 12.5. The number of carbonyl (C=O) groups excluding carboxylic acids is 1. The number of nitrogens with two attached hydrogens (primary N) is 1. The molecule has 1 heterocycles. The quantitative estimate of drug-likeness (QED) is 0.460. The van der Waals surface area contributed by atoms with Crippen LogP contribution in [0.3, 0.4) is 0 Å². The molecule has 0 bridgehead atoms. The average molecular weight is 460 g/mol. The fourth-order valence-electron chi connectivity index (χ4n) is 2.72. The molecule has 1 aromatic heterocycles. The van der Waals surface area contributed by atoms with Crippen LogP contribution in [-0.4, -0.2) is 53.0 Å². The largest absolute Gasteiger partial charge is 0.465 e. The van der Waals surface area contributed by atoms with E-state index >= 15 is 0 Å². The minimum atomic E-state index is -0.723. The molecule has 2 rings (SSSR count). The minimum Gasteiger partial charge on any atom is -0.465 e. The van der Waals surface area contributed by atoms with Gasteiger partial charge in [0.2, 0.25) is 0 Å². The number of aromatic nitrogens is 2. The summed E-state index contributed by atoms with van der Waals surface area (Å²) in [6, 6.07) is 5.32. The first-order chi connectivity index (χ1) is 12.0. The summed E-state index contributed by atoms with van der Waals surface area (Å²) in [5.41, 5.74) is 8.76. The first-order valence-electron chi connectivity index (χ1n) is 8.26. The van der Waals surface area contributed by atoms with Crippen LogP contribution in [0.25, 0.3) is 11.0 Å². The van der Waals surface area contributed by atoms with Crippen molar-refractivity contribution in [1.29, 1.82) is 0 Å². The highest BCUT2D eigenvalue weighted by Crippen LogP contribution is 2.23. The number of nitrogens with zero attached hydrogens (tertiary/aromatic N) is 3. The van der Waals surface area contributed by atoms with Crippen molar-refractivity contribution in [1.82, 2.24) is 9.55 Å². The molecule has 2 aromatic rings. The van der Waals surface area contributed by atoms with Gasteiger partial charge in [0.1, 0.15) is 11.9 Å². The number of carbonyl (C=O) groups is 1. The van der Waals surface area contributed by atoms with Crippen molar-refractivity contribution < 1.29 is 9.53 Å². The lowest BCUT2D eigenvalue weighted by molar-refractivity contribution is -0.144. The lowest BCUT2D eigenvalue weighted by Crippen LogP contribution is -2.35. The molecule has 1 aromatic carbocycles. The maximum atomic E-state index is 11.7. The molecule has 0 unspecified atom stereocenters. The predicted octanol–water partition coefficient (Wildman–Crippen LogP) is 3.13. The van der Waals surface area contributed by atoms with E-state index in [-0.39, 0.29) is 24.8 Å². The van der Waals surface area contributed by atoms with E-state index in [2.05, 4.69) is 9.88 Å². The zero-order chi connectivity index (χ0) is 18.4. The van der Waals surface area contributed by atoms with E-state index in [1.807, 2.05) is 29.8 Å². The normalized spacial score (nSPS) is 11.4. The summed E-state index contributed by atoms with van der Waals surface area (Å²) in [5.74, 6) is 1.38. The van der Waals surface area contributed by atoms with Gasteiger partial charge in [-0.1, -0.05) is 0 Å². The molecule has 0 amide bonds. The van der Waals surface area contributed by atoms with Crippen molar-refractivity contribution in [2.24, 2.45) is 12.8 Å². The van der Waals surface area contributed by atoms with Gasteiger partial charge in [-0.3, -0.25) is 4.79 Å². The summed E-state index contributed by atoms with van der Waals surface area (Å²) >= 11 is 11.8. The summed E-state index contributed by atoms with van der Waals surface area (Å²) in [5, 5.41) is 0. The van der Waals surface area contributed by atoms with Crippen LogP contribution in [-0.2, 0) is 23.0 Å². The second-order valence-electron chi connectivity index (χ2n) is 5.69. The smallest absolute Gasteiger partial charge is 0.323 e. The number of benzene rings is 1. The minimum absolute atomic E-state index is 0. The van der Waals surface area contributed by atoms with Crippen molar-refractivity contribution >= 4 is 70.7 Å². The molecule has 0 spiro atoms. The van der Waals surface area contributed by atoms with Crippen LogP contribution in [0.15, 0.2) is 18.2 Å². The number of aryl methyl sites for hydroxylation is 1. The molecule has 0 fully saturated rings. The number of ether oxygens (including phenoxy) is 1. The number of rotatable bonds is 9. The molecule has 0 radical (unpaired) electrons. The molecule has 27 heavy (non-hydrogen) atoms. The Bertz CT molecular complexity index is 720. The monoisotopic (exact) mass is 458 g/mol. The van der Waals surface area contributed by atoms with Crippen LogP contribution in [0, 0.1) is 0 Å². The van der Waals surface area contributed by atoms with Gasteiger partial charge in [0, 0.05) is 44.0 Å². The fraction of sp³-hybridized carbons (Fsp3) is 0.529. The Labute approximate surface area is 182 Å². The fourth-order valence-corrected chi connectivity index (χ4v) is 3.13. The van der Waals surface area contributed by atoms with Crippen molar-refractivity contribution in [3.8, 4) is 0 Å². The Morgan fingerprint density at radius 1 is 1.30 bits per heavy atom. The number of halogens is 4. The number of esters is 1. The summed E-state index contributed by atoms with van der Waals surface area (Å²) in [7, 11) is 1.91. The molecule has 10 heteroatoms. The van der Waals surface area contributed by atoms with Gasteiger partial charge in [-0.15, -0.1) is 48.0 Å². The third-order valence-corrected chi connectivity index (χ3v) is 4.36. The van der Waals surface area contributed by atoms with Gasteiger partial charge in [0.15, 0.2) is 0 Å². The van der Waals surface area contributed by atoms with E-state index in [9.17, 15) is 4.79 Å². The van der Waals surface area contributed by atoms with Crippen molar-refractivity contribution in [3.63, 3.8) is 0 Å². The number of imidazole rings is 1. The molecule has 6 nitrogen and oxygen atoms in total. The van der Waals surface area contributed by atoms with Crippen LogP contribution in [0.5, 0.6) is 0 Å². The molecule has 1 atom stereocenters. The first kappa shape index (κ1) is 26.1. The van der Waals surface area contributed by atoms with Gasteiger partial charge in [0.05, 0.1) is 17.6 Å². The Morgan fingerprint density at radius 2 is 1.93 bits per heavy atom. The van der Waals surface area contributed by atoms with Gasteiger partial charge in [-0.05, 0) is 25.1 Å². The Hall–Kier alpha value is -0.920.